The Morgan fingerprint density at radius 3 is 2.23 bits per heavy atom. The van der Waals surface area contributed by atoms with Crippen molar-refractivity contribution in [2.75, 3.05) is 35.0 Å². The Kier molecular flexibility index (Phi) is 4.88. The fourth-order valence-electron chi connectivity index (χ4n) is 3.32. The molecule has 0 bridgehead atoms. The molecule has 26 heavy (non-hydrogen) atoms. The summed E-state index contributed by atoms with van der Waals surface area (Å²) in [5.74, 6) is 1.74. The van der Waals surface area contributed by atoms with Crippen LogP contribution in [-0.2, 0) is 6.42 Å². The molecule has 1 aliphatic heterocycles. The van der Waals surface area contributed by atoms with Gasteiger partial charge >= 0.3 is 0 Å². The molecule has 0 saturated carbocycles. The standard InChI is InChI=1S/C19H22O7/c1-22-14-6-5-12(15(21)18(14)24-3)11-7-10-8-13(20)17(23-2)19(25-4)16(10)26-9-11/h5-6,8,11,20-21H,7,9H2,1-4H3/t11-/m0/s1. The van der Waals surface area contributed by atoms with Gasteiger partial charge in [0, 0.05) is 17.0 Å². The van der Waals surface area contributed by atoms with Crippen LogP contribution in [0.4, 0.5) is 0 Å². The highest BCUT2D eigenvalue weighted by Gasteiger charge is 2.30. The molecular weight excluding hydrogens is 340 g/mol. The van der Waals surface area contributed by atoms with E-state index in [1.807, 2.05) is 0 Å². The van der Waals surface area contributed by atoms with E-state index in [2.05, 4.69) is 0 Å². The normalized spacial score (nSPS) is 15.6. The first-order valence-corrected chi connectivity index (χ1v) is 8.09. The lowest BCUT2D eigenvalue weighted by molar-refractivity contribution is 0.236. The topological polar surface area (TPSA) is 86.6 Å². The van der Waals surface area contributed by atoms with Gasteiger partial charge in [-0.3, -0.25) is 0 Å². The van der Waals surface area contributed by atoms with E-state index in [1.165, 1.54) is 28.4 Å². The van der Waals surface area contributed by atoms with Crippen LogP contribution in [0.3, 0.4) is 0 Å². The van der Waals surface area contributed by atoms with Crippen LogP contribution in [0, 0.1) is 0 Å². The van der Waals surface area contributed by atoms with Crippen molar-refractivity contribution in [1.82, 2.24) is 0 Å². The summed E-state index contributed by atoms with van der Waals surface area (Å²) in [6, 6.07) is 5.13. The Morgan fingerprint density at radius 1 is 0.923 bits per heavy atom. The van der Waals surface area contributed by atoms with Crippen LogP contribution in [0.5, 0.6) is 40.2 Å². The SMILES string of the molecule is COc1ccc([C@@H]2COc3c(cc(O)c(OC)c3OC)C2)c(O)c1OC. The molecule has 0 amide bonds. The van der Waals surface area contributed by atoms with Crippen molar-refractivity contribution in [3.8, 4) is 40.2 Å². The molecule has 0 fully saturated rings. The van der Waals surface area contributed by atoms with Crippen molar-refractivity contribution >= 4 is 0 Å². The Balaban J connectivity index is 2.00. The van der Waals surface area contributed by atoms with E-state index in [1.54, 1.807) is 18.2 Å². The minimum absolute atomic E-state index is 0.0219. The largest absolute Gasteiger partial charge is 0.504 e. The van der Waals surface area contributed by atoms with E-state index < -0.39 is 0 Å². The number of rotatable bonds is 5. The first-order valence-electron chi connectivity index (χ1n) is 8.09. The summed E-state index contributed by atoms with van der Waals surface area (Å²) in [5.41, 5.74) is 1.45. The number of ether oxygens (including phenoxy) is 5. The number of hydrogen-bond acceptors (Lipinski definition) is 7. The lowest BCUT2D eigenvalue weighted by Crippen LogP contribution is -2.20. The predicted octanol–water partition coefficient (Wildman–Crippen LogP) is 2.85. The van der Waals surface area contributed by atoms with Gasteiger partial charge in [-0.15, -0.1) is 0 Å². The molecule has 3 rings (SSSR count). The molecule has 1 atom stereocenters. The molecule has 140 valence electrons. The monoisotopic (exact) mass is 362 g/mol. The zero-order valence-electron chi connectivity index (χ0n) is 15.2. The van der Waals surface area contributed by atoms with Gasteiger partial charge in [-0.05, 0) is 18.6 Å². The third-order valence-electron chi connectivity index (χ3n) is 4.54. The molecule has 2 aromatic rings. The minimum Gasteiger partial charge on any atom is -0.504 e. The molecule has 0 spiro atoms. The summed E-state index contributed by atoms with van der Waals surface area (Å²) in [6.45, 7) is 0.334. The van der Waals surface area contributed by atoms with Crippen LogP contribution >= 0.6 is 0 Å². The molecule has 7 nitrogen and oxygen atoms in total. The average molecular weight is 362 g/mol. The first-order chi connectivity index (χ1) is 12.5. The fourth-order valence-corrected chi connectivity index (χ4v) is 3.32. The van der Waals surface area contributed by atoms with E-state index in [-0.39, 0.29) is 28.9 Å². The van der Waals surface area contributed by atoms with Crippen LogP contribution in [0.25, 0.3) is 0 Å². The number of phenolic OH excluding ortho intramolecular Hbond substituents is 2. The van der Waals surface area contributed by atoms with Crippen LogP contribution in [0.15, 0.2) is 18.2 Å². The highest BCUT2D eigenvalue weighted by Crippen LogP contribution is 2.50. The van der Waals surface area contributed by atoms with Crippen molar-refractivity contribution in [3.05, 3.63) is 29.3 Å². The first kappa shape index (κ1) is 17.8. The summed E-state index contributed by atoms with van der Waals surface area (Å²) < 4.78 is 26.9. The van der Waals surface area contributed by atoms with E-state index in [4.69, 9.17) is 23.7 Å². The lowest BCUT2D eigenvalue weighted by Gasteiger charge is -2.28. The number of phenols is 2. The lowest BCUT2D eigenvalue weighted by atomic mass is 9.89. The predicted molar refractivity (Wildman–Crippen MR) is 94.4 cm³/mol. The van der Waals surface area contributed by atoms with E-state index >= 15 is 0 Å². The highest BCUT2D eigenvalue weighted by molar-refractivity contribution is 5.64. The number of aromatic hydroxyl groups is 2. The molecule has 0 saturated heterocycles. The molecule has 0 unspecified atom stereocenters. The minimum atomic E-state index is -0.125. The van der Waals surface area contributed by atoms with Gasteiger partial charge in [-0.1, -0.05) is 6.07 Å². The maximum Gasteiger partial charge on any atom is 0.207 e. The molecule has 7 heteroatoms. The van der Waals surface area contributed by atoms with Crippen molar-refractivity contribution < 1.29 is 33.9 Å². The van der Waals surface area contributed by atoms with E-state index in [0.717, 1.165) is 5.56 Å². The van der Waals surface area contributed by atoms with E-state index in [9.17, 15) is 10.2 Å². The zero-order chi connectivity index (χ0) is 18.8. The van der Waals surface area contributed by atoms with Crippen molar-refractivity contribution in [1.29, 1.82) is 0 Å². The smallest absolute Gasteiger partial charge is 0.207 e. The Hall–Kier alpha value is -2.96. The third kappa shape index (κ3) is 2.79. The van der Waals surface area contributed by atoms with Crippen LogP contribution in [0.2, 0.25) is 0 Å². The Morgan fingerprint density at radius 2 is 1.62 bits per heavy atom. The molecule has 0 aromatic heterocycles. The van der Waals surface area contributed by atoms with Crippen molar-refractivity contribution in [2.24, 2.45) is 0 Å². The highest BCUT2D eigenvalue weighted by atomic mass is 16.5. The summed E-state index contributed by atoms with van der Waals surface area (Å²) >= 11 is 0. The molecule has 2 N–H and O–H groups in total. The zero-order valence-corrected chi connectivity index (χ0v) is 15.2. The van der Waals surface area contributed by atoms with Crippen LogP contribution in [0.1, 0.15) is 17.0 Å². The molecule has 1 heterocycles. The number of hydrogen-bond donors (Lipinski definition) is 2. The number of methoxy groups -OCH3 is 4. The van der Waals surface area contributed by atoms with Crippen molar-refractivity contribution in [2.45, 2.75) is 12.3 Å². The van der Waals surface area contributed by atoms with E-state index in [0.29, 0.717) is 35.8 Å². The second kappa shape index (κ2) is 7.11. The van der Waals surface area contributed by atoms with Gasteiger partial charge in [0.05, 0.1) is 35.0 Å². The van der Waals surface area contributed by atoms with Gasteiger partial charge < -0.3 is 33.9 Å². The van der Waals surface area contributed by atoms with Crippen molar-refractivity contribution in [3.63, 3.8) is 0 Å². The summed E-state index contributed by atoms with van der Waals surface area (Å²) in [6.07, 6.45) is 0.548. The van der Waals surface area contributed by atoms with Gasteiger partial charge in [0.1, 0.15) is 0 Å². The second-order valence-electron chi connectivity index (χ2n) is 5.90. The quantitative estimate of drug-likeness (QED) is 0.846. The average Bonchev–Trinajstić information content (AvgIpc) is 2.65. The van der Waals surface area contributed by atoms with Gasteiger partial charge in [-0.2, -0.15) is 0 Å². The number of benzene rings is 2. The van der Waals surface area contributed by atoms with Gasteiger partial charge in [0.15, 0.2) is 23.0 Å². The Labute approximate surface area is 151 Å². The third-order valence-corrected chi connectivity index (χ3v) is 4.54. The molecule has 2 aromatic carbocycles. The van der Waals surface area contributed by atoms with Gasteiger partial charge in [-0.25, -0.2) is 0 Å². The summed E-state index contributed by atoms with van der Waals surface area (Å²) in [7, 11) is 5.94. The number of fused-ring (bicyclic) bond motifs is 1. The van der Waals surface area contributed by atoms with Crippen LogP contribution < -0.4 is 23.7 Å². The van der Waals surface area contributed by atoms with Gasteiger partial charge in [0.25, 0.3) is 0 Å². The molecule has 1 aliphatic rings. The fraction of sp³-hybridized carbons (Fsp3) is 0.368. The summed E-state index contributed by atoms with van der Waals surface area (Å²) in [5, 5.41) is 20.8. The maximum absolute atomic E-state index is 10.6. The molecular formula is C19H22O7. The summed E-state index contributed by atoms with van der Waals surface area (Å²) in [4.78, 5) is 0. The Bertz CT molecular complexity index is 816. The maximum atomic E-state index is 10.6. The van der Waals surface area contributed by atoms with Crippen LogP contribution in [-0.4, -0.2) is 45.3 Å². The second-order valence-corrected chi connectivity index (χ2v) is 5.90. The molecule has 0 radical (unpaired) electrons. The van der Waals surface area contributed by atoms with Gasteiger partial charge in [0.2, 0.25) is 17.2 Å². The molecule has 0 aliphatic carbocycles.